The molecule has 1 amide bonds. The molecule has 0 heterocycles. The summed E-state index contributed by atoms with van der Waals surface area (Å²) >= 11 is 0. The molecule has 0 fully saturated rings. The molecule has 3 N–H and O–H groups in total. The number of aliphatic hydroxyl groups is 1. The lowest BCUT2D eigenvalue weighted by Crippen LogP contribution is -2.50. The number of amides is 1. The first-order valence-corrected chi connectivity index (χ1v) is 6.26. The maximum Gasteiger partial charge on any atom is 0.471 e. The minimum Gasteiger partial charge on any atom is -0.491 e. The SMILES string of the molecule is CC(NCC(O)COc1ccccc1)NC(=O)C(F)(F)F. The van der Waals surface area contributed by atoms with Crippen LogP contribution >= 0.6 is 0 Å². The summed E-state index contributed by atoms with van der Waals surface area (Å²) in [7, 11) is 0. The maximum atomic E-state index is 12.0. The lowest BCUT2D eigenvalue weighted by molar-refractivity contribution is -0.174. The van der Waals surface area contributed by atoms with Gasteiger partial charge >= 0.3 is 12.1 Å². The average Bonchev–Trinajstić information content (AvgIpc) is 2.43. The number of halogens is 3. The summed E-state index contributed by atoms with van der Waals surface area (Å²) in [5.74, 6) is -1.45. The highest BCUT2D eigenvalue weighted by Gasteiger charge is 2.39. The van der Waals surface area contributed by atoms with E-state index in [0.29, 0.717) is 5.75 Å². The molecule has 0 spiro atoms. The standard InChI is InChI=1S/C13H17F3N2O3/c1-9(18-12(20)13(14,15)16)17-7-10(19)8-21-11-5-3-2-4-6-11/h2-6,9-10,17,19H,7-8H2,1H3,(H,18,20). The molecule has 0 radical (unpaired) electrons. The predicted molar refractivity (Wildman–Crippen MR) is 69.6 cm³/mol. The Kier molecular flexibility index (Phi) is 6.44. The molecule has 8 heteroatoms. The van der Waals surface area contributed by atoms with Gasteiger partial charge in [-0.2, -0.15) is 13.2 Å². The molecule has 5 nitrogen and oxygen atoms in total. The number of hydrogen-bond donors (Lipinski definition) is 3. The summed E-state index contributed by atoms with van der Waals surface area (Å²) in [5, 5.41) is 13.9. The van der Waals surface area contributed by atoms with Gasteiger partial charge in [0, 0.05) is 6.54 Å². The summed E-state index contributed by atoms with van der Waals surface area (Å²) in [6.07, 6.45) is -6.77. The molecular weight excluding hydrogens is 289 g/mol. The smallest absolute Gasteiger partial charge is 0.471 e. The van der Waals surface area contributed by atoms with Crippen molar-refractivity contribution in [3.8, 4) is 5.75 Å². The zero-order valence-corrected chi connectivity index (χ0v) is 11.4. The number of aliphatic hydroxyl groups excluding tert-OH is 1. The van der Waals surface area contributed by atoms with Crippen LogP contribution < -0.4 is 15.4 Å². The topological polar surface area (TPSA) is 70.6 Å². The third kappa shape index (κ3) is 6.96. The van der Waals surface area contributed by atoms with Crippen LogP contribution in [0.25, 0.3) is 0 Å². The van der Waals surface area contributed by atoms with Crippen molar-refractivity contribution < 1.29 is 27.8 Å². The molecule has 0 aliphatic carbocycles. The Balaban J connectivity index is 2.23. The van der Waals surface area contributed by atoms with Crippen LogP contribution in [0.4, 0.5) is 13.2 Å². The first-order chi connectivity index (χ1) is 9.79. The molecule has 0 aromatic heterocycles. The number of para-hydroxylation sites is 1. The minimum absolute atomic E-state index is 0.0169. The molecule has 1 aromatic rings. The Morgan fingerprint density at radius 1 is 1.33 bits per heavy atom. The lowest BCUT2D eigenvalue weighted by Gasteiger charge is -2.19. The van der Waals surface area contributed by atoms with Crippen LogP contribution in [-0.4, -0.2) is 42.6 Å². The van der Waals surface area contributed by atoms with Crippen molar-refractivity contribution in [3.63, 3.8) is 0 Å². The van der Waals surface area contributed by atoms with Gasteiger partial charge in [-0.3, -0.25) is 10.1 Å². The van der Waals surface area contributed by atoms with Gasteiger partial charge in [0.1, 0.15) is 18.5 Å². The highest BCUT2D eigenvalue weighted by atomic mass is 19.4. The molecule has 2 unspecified atom stereocenters. The molecule has 2 atom stereocenters. The van der Waals surface area contributed by atoms with Crippen LogP contribution in [-0.2, 0) is 4.79 Å². The second-order valence-corrected chi connectivity index (χ2v) is 4.38. The number of carbonyl (C=O) groups excluding carboxylic acids is 1. The van der Waals surface area contributed by atoms with E-state index in [-0.39, 0.29) is 13.2 Å². The van der Waals surface area contributed by atoms with Crippen LogP contribution in [0, 0.1) is 0 Å². The van der Waals surface area contributed by atoms with Gasteiger partial charge in [-0.15, -0.1) is 0 Å². The summed E-state index contributed by atoms with van der Waals surface area (Å²) in [5.41, 5.74) is 0. The average molecular weight is 306 g/mol. The highest BCUT2D eigenvalue weighted by molar-refractivity contribution is 5.81. The van der Waals surface area contributed by atoms with E-state index in [9.17, 15) is 23.1 Å². The van der Waals surface area contributed by atoms with Gasteiger partial charge in [-0.05, 0) is 19.1 Å². The molecule has 0 aliphatic rings. The van der Waals surface area contributed by atoms with E-state index in [4.69, 9.17) is 4.74 Å². The lowest BCUT2D eigenvalue weighted by atomic mass is 10.3. The minimum atomic E-state index is -4.93. The fourth-order valence-corrected chi connectivity index (χ4v) is 1.41. The fraction of sp³-hybridized carbons (Fsp3) is 0.462. The van der Waals surface area contributed by atoms with E-state index >= 15 is 0 Å². The summed E-state index contributed by atoms with van der Waals surface area (Å²) in [4.78, 5) is 10.7. The van der Waals surface area contributed by atoms with E-state index in [1.54, 1.807) is 29.6 Å². The molecule has 0 saturated heterocycles. The quantitative estimate of drug-likeness (QED) is 0.658. The van der Waals surface area contributed by atoms with Crippen molar-refractivity contribution in [1.82, 2.24) is 10.6 Å². The van der Waals surface area contributed by atoms with Crippen LogP contribution in [0.5, 0.6) is 5.75 Å². The molecule has 0 aliphatic heterocycles. The number of hydrogen-bond acceptors (Lipinski definition) is 4. The molecule has 1 aromatic carbocycles. The summed E-state index contributed by atoms with van der Waals surface area (Å²) < 4.78 is 41.3. The van der Waals surface area contributed by atoms with Gasteiger partial charge in [0.05, 0.1) is 6.17 Å². The third-order valence-corrected chi connectivity index (χ3v) is 2.45. The maximum absolute atomic E-state index is 12.0. The van der Waals surface area contributed by atoms with Crippen molar-refractivity contribution in [2.24, 2.45) is 0 Å². The van der Waals surface area contributed by atoms with E-state index in [1.165, 1.54) is 6.92 Å². The number of rotatable bonds is 7. The van der Waals surface area contributed by atoms with E-state index in [1.807, 2.05) is 6.07 Å². The van der Waals surface area contributed by atoms with Gasteiger partial charge < -0.3 is 15.2 Å². The Bertz CT molecular complexity index is 440. The first-order valence-electron chi connectivity index (χ1n) is 6.26. The highest BCUT2D eigenvalue weighted by Crippen LogP contribution is 2.14. The van der Waals surface area contributed by atoms with Crippen molar-refractivity contribution in [2.75, 3.05) is 13.2 Å². The van der Waals surface area contributed by atoms with Gasteiger partial charge in [0.2, 0.25) is 0 Å². The summed E-state index contributed by atoms with van der Waals surface area (Å²) in [6.45, 7) is 1.30. The number of benzene rings is 1. The molecule has 0 bridgehead atoms. The van der Waals surface area contributed by atoms with Crippen molar-refractivity contribution in [1.29, 1.82) is 0 Å². The zero-order valence-electron chi connectivity index (χ0n) is 11.4. The fourth-order valence-electron chi connectivity index (χ4n) is 1.41. The van der Waals surface area contributed by atoms with Crippen LogP contribution in [0.1, 0.15) is 6.92 Å². The van der Waals surface area contributed by atoms with Gasteiger partial charge in [0.15, 0.2) is 0 Å². The van der Waals surface area contributed by atoms with Crippen LogP contribution in [0.2, 0.25) is 0 Å². The predicted octanol–water partition coefficient (Wildman–Crippen LogP) is 1.04. The van der Waals surface area contributed by atoms with Crippen molar-refractivity contribution >= 4 is 5.91 Å². The van der Waals surface area contributed by atoms with Gasteiger partial charge in [0.25, 0.3) is 0 Å². The van der Waals surface area contributed by atoms with Crippen LogP contribution in [0.15, 0.2) is 30.3 Å². The number of nitrogens with one attached hydrogen (secondary N) is 2. The second kappa shape index (κ2) is 7.84. The number of alkyl halides is 3. The van der Waals surface area contributed by atoms with E-state index in [0.717, 1.165) is 0 Å². The second-order valence-electron chi connectivity index (χ2n) is 4.38. The monoisotopic (exact) mass is 306 g/mol. The molecule has 118 valence electrons. The van der Waals surface area contributed by atoms with Gasteiger partial charge in [-0.1, -0.05) is 18.2 Å². The molecule has 0 saturated carbocycles. The number of ether oxygens (including phenoxy) is 1. The summed E-state index contributed by atoms with van der Waals surface area (Å²) in [6, 6.07) is 8.79. The molecule has 21 heavy (non-hydrogen) atoms. The van der Waals surface area contributed by atoms with Gasteiger partial charge in [-0.25, -0.2) is 0 Å². The Morgan fingerprint density at radius 2 is 1.95 bits per heavy atom. The Labute approximate surface area is 120 Å². The molecular formula is C13H17F3N2O3. The third-order valence-electron chi connectivity index (χ3n) is 2.45. The van der Waals surface area contributed by atoms with E-state index < -0.39 is 24.4 Å². The zero-order chi connectivity index (χ0) is 15.9. The largest absolute Gasteiger partial charge is 0.491 e. The normalized spacial score (nSPS) is 14.3. The Hall–Kier alpha value is -1.80. The first kappa shape index (κ1) is 17.3. The van der Waals surface area contributed by atoms with E-state index in [2.05, 4.69) is 5.32 Å². The number of carbonyl (C=O) groups is 1. The Morgan fingerprint density at radius 3 is 2.52 bits per heavy atom. The van der Waals surface area contributed by atoms with Crippen molar-refractivity contribution in [3.05, 3.63) is 30.3 Å². The van der Waals surface area contributed by atoms with Crippen LogP contribution in [0.3, 0.4) is 0 Å². The van der Waals surface area contributed by atoms with Crippen molar-refractivity contribution in [2.45, 2.75) is 25.4 Å². The molecule has 1 rings (SSSR count).